The van der Waals surface area contributed by atoms with Crippen molar-refractivity contribution in [1.82, 2.24) is 0 Å². The highest BCUT2D eigenvalue weighted by molar-refractivity contribution is 7.90. The highest BCUT2D eigenvalue weighted by Gasteiger charge is 2.35. The molecule has 3 nitrogen and oxygen atoms in total. The fourth-order valence-corrected chi connectivity index (χ4v) is 3.88. The lowest BCUT2D eigenvalue weighted by molar-refractivity contribution is 0.472. The Morgan fingerprint density at radius 1 is 1.26 bits per heavy atom. The van der Waals surface area contributed by atoms with Gasteiger partial charge in [0.15, 0.2) is 9.84 Å². The minimum Gasteiger partial charge on any atom is -0.385 e. The summed E-state index contributed by atoms with van der Waals surface area (Å²) >= 11 is 0. The maximum Gasteiger partial charge on any atom is 0.175 e. The minimum absolute atomic E-state index is 0.380. The fraction of sp³-hybridized carbons (Fsp3) is 0.467. The molecule has 2 aliphatic carbocycles. The molecule has 3 unspecified atom stereocenters. The van der Waals surface area contributed by atoms with E-state index in [1.54, 1.807) is 18.2 Å². The molecule has 0 radical (unpaired) electrons. The summed E-state index contributed by atoms with van der Waals surface area (Å²) in [5, 5.41) is 3.39. The van der Waals surface area contributed by atoms with Gasteiger partial charge in [-0.2, -0.15) is 0 Å². The fourth-order valence-electron chi connectivity index (χ4n) is 3.21. The molecule has 0 saturated heterocycles. The molecule has 1 aromatic rings. The molecule has 0 heterocycles. The van der Waals surface area contributed by atoms with Gasteiger partial charge < -0.3 is 5.32 Å². The van der Waals surface area contributed by atoms with E-state index in [-0.39, 0.29) is 0 Å². The number of rotatable bonds is 4. The third-order valence-electron chi connectivity index (χ3n) is 4.25. The van der Waals surface area contributed by atoms with Crippen molar-refractivity contribution in [3.8, 4) is 0 Å². The molecule has 0 spiro atoms. The summed E-state index contributed by atoms with van der Waals surface area (Å²) in [6.07, 6.45) is 8.49. The maximum absolute atomic E-state index is 11.5. The minimum atomic E-state index is -3.12. The quantitative estimate of drug-likeness (QED) is 0.861. The largest absolute Gasteiger partial charge is 0.385 e. The van der Waals surface area contributed by atoms with Gasteiger partial charge >= 0.3 is 0 Å². The molecular weight excluding hydrogens is 258 g/mol. The van der Waals surface area contributed by atoms with Gasteiger partial charge in [-0.15, -0.1) is 0 Å². The first kappa shape index (κ1) is 12.7. The predicted octanol–water partition coefficient (Wildman–Crippen LogP) is 2.71. The van der Waals surface area contributed by atoms with Crippen LogP contribution in [0.25, 0.3) is 0 Å². The van der Waals surface area contributed by atoms with E-state index >= 15 is 0 Å². The molecule has 1 saturated carbocycles. The second kappa shape index (κ2) is 4.67. The molecule has 2 bridgehead atoms. The topological polar surface area (TPSA) is 46.2 Å². The van der Waals surface area contributed by atoms with Gasteiger partial charge in [0, 0.05) is 18.5 Å². The second-order valence-electron chi connectivity index (χ2n) is 5.72. The summed E-state index contributed by atoms with van der Waals surface area (Å²) in [4.78, 5) is 0.380. The molecular formula is C15H19NO2S. The molecule has 1 fully saturated rings. The first-order valence-corrected chi connectivity index (χ1v) is 8.64. The van der Waals surface area contributed by atoms with Gasteiger partial charge in [-0.05, 0) is 48.8 Å². The van der Waals surface area contributed by atoms with Crippen molar-refractivity contribution in [2.45, 2.75) is 17.7 Å². The van der Waals surface area contributed by atoms with Crippen molar-refractivity contribution < 1.29 is 8.42 Å². The van der Waals surface area contributed by atoms with Gasteiger partial charge in [0.05, 0.1) is 4.90 Å². The van der Waals surface area contributed by atoms with Crippen LogP contribution < -0.4 is 5.32 Å². The molecule has 0 aromatic heterocycles. The standard InChI is InChI=1S/C15H19NO2S/c1-19(17,18)15-4-2-3-14(9-15)16-10-13-8-11-5-6-12(13)7-11/h2-6,9,11-13,16H,7-8,10H2,1H3. The molecule has 19 heavy (non-hydrogen) atoms. The Kier molecular flexibility index (Phi) is 3.13. The number of hydrogen-bond acceptors (Lipinski definition) is 3. The zero-order valence-electron chi connectivity index (χ0n) is 11.0. The molecule has 0 aliphatic heterocycles. The number of allylic oxidation sites excluding steroid dienone is 2. The normalized spacial score (nSPS) is 28.8. The molecule has 3 atom stereocenters. The van der Waals surface area contributed by atoms with E-state index in [9.17, 15) is 8.42 Å². The number of hydrogen-bond donors (Lipinski definition) is 1. The van der Waals surface area contributed by atoms with E-state index in [4.69, 9.17) is 0 Å². The van der Waals surface area contributed by atoms with Crippen LogP contribution in [0.15, 0.2) is 41.3 Å². The SMILES string of the molecule is CS(=O)(=O)c1cccc(NCC2CC3C=CC2C3)c1. The van der Waals surface area contributed by atoms with E-state index in [0.29, 0.717) is 10.8 Å². The Hall–Kier alpha value is -1.29. The van der Waals surface area contributed by atoms with Crippen LogP contribution in [0.1, 0.15) is 12.8 Å². The van der Waals surface area contributed by atoms with Crippen molar-refractivity contribution in [2.75, 3.05) is 18.1 Å². The third-order valence-corrected chi connectivity index (χ3v) is 5.36. The van der Waals surface area contributed by atoms with Crippen LogP contribution in [0.3, 0.4) is 0 Å². The van der Waals surface area contributed by atoms with Crippen LogP contribution in [0, 0.1) is 17.8 Å². The number of anilines is 1. The van der Waals surface area contributed by atoms with Gasteiger partial charge in [-0.1, -0.05) is 18.2 Å². The first-order chi connectivity index (χ1) is 9.02. The first-order valence-electron chi connectivity index (χ1n) is 6.75. The molecule has 102 valence electrons. The summed E-state index contributed by atoms with van der Waals surface area (Å²) in [6, 6.07) is 7.08. The molecule has 2 aliphatic rings. The van der Waals surface area contributed by atoms with Crippen molar-refractivity contribution in [1.29, 1.82) is 0 Å². The van der Waals surface area contributed by atoms with Crippen LogP contribution in [0.2, 0.25) is 0 Å². The average molecular weight is 277 g/mol. The van der Waals surface area contributed by atoms with Gasteiger partial charge in [0.2, 0.25) is 0 Å². The summed E-state index contributed by atoms with van der Waals surface area (Å²) in [6.45, 7) is 0.929. The molecule has 1 N–H and O–H groups in total. The zero-order valence-corrected chi connectivity index (χ0v) is 11.9. The average Bonchev–Trinajstić information content (AvgIpc) is 2.98. The molecule has 0 amide bonds. The van der Waals surface area contributed by atoms with E-state index in [1.165, 1.54) is 19.1 Å². The lowest BCUT2D eigenvalue weighted by Gasteiger charge is -2.19. The van der Waals surface area contributed by atoms with Gasteiger partial charge in [0.25, 0.3) is 0 Å². The van der Waals surface area contributed by atoms with Crippen LogP contribution in [-0.4, -0.2) is 21.2 Å². The van der Waals surface area contributed by atoms with Gasteiger partial charge in [-0.3, -0.25) is 0 Å². The molecule has 1 aromatic carbocycles. The van der Waals surface area contributed by atoms with Crippen LogP contribution in [0.5, 0.6) is 0 Å². The summed E-state index contributed by atoms with van der Waals surface area (Å²) < 4.78 is 23.0. The predicted molar refractivity (Wildman–Crippen MR) is 76.9 cm³/mol. The van der Waals surface area contributed by atoms with E-state index in [0.717, 1.165) is 24.1 Å². The third kappa shape index (κ3) is 2.68. The lowest BCUT2D eigenvalue weighted by atomic mass is 9.93. The Labute approximate surface area is 114 Å². The Balaban J connectivity index is 1.66. The second-order valence-corrected chi connectivity index (χ2v) is 7.74. The Morgan fingerprint density at radius 3 is 2.74 bits per heavy atom. The highest BCUT2D eigenvalue weighted by atomic mass is 32.2. The molecule has 4 heteroatoms. The van der Waals surface area contributed by atoms with Gasteiger partial charge in [-0.25, -0.2) is 8.42 Å². The number of benzene rings is 1. The van der Waals surface area contributed by atoms with E-state index in [2.05, 4.69) is 17.5 Å². The maximum atomic E-state index is 11.5. The summed E-state index contributed by atoms with van der Waals surface area (Å²) in [7, 11) is -3.12. The Morgan fingerprint density at radius 2 is 2.11 bits per heavy atom. The lowest BCUT2D eigenvalue weighted by Crippen LogP contribution is -2.18. The zero-order chi connectivity index (χ0) is 13.5. The van der Waals surface area contributed by atoms with Crippen LogP contribution in [-0.2, 0) is 9.84 Å². The highest BCUT2D eigenvalue weighted by Crippen LogP contribution is 2.43. The van der Waals surface area contributed by atoms with E-state index < -0.39 is 9.84 Å². The Bertz CT molecular complexity index is 606. The van der Waals surface area contributed by atoms with Crippen molar-refractivity contribution >= 4 is 15.5 Å². The van der Waals surface area contributed by atoms with Crippen molar-refractivity contribution in [3.05, 3.63) is 36.4 Å². The van der Waals surface area contributed by atoms with Crippen molar-refractivity contribution in [2.24, 2.45) is 17.8 Å². The number of sulfone groups is 1. The van der Waals surface area contributed by atoms with Crippen LogP contribution >= 0.6 is 0 Å². The van der Waals surface area contributed by atoms with E-state index in [1.807, 2.05) is 6.07 Å². The summed E-state index contributed by atoms with van der Waals surface area (Å²) in [5.74, 6) is 2.19. The molecule has 3 rings (SSSR count). The monoisotopic (exact) mass is 277 g/mol. The van der Waals surface area contributed by atoms with Crippen LogP contribution in [0.4, 0.5) is 5.69 Å². The van der Waals surface area contributed by atoms with Gasteiger partial charge in [0.1, 0.15) is 0 Å². The number of nitrogens with one attached hydrogen (secondary N) is 1. The smallest absolute Gasteiger partial charge is 0.175 e. The van der Waals surface area contributed by atoms with Crippen molar-refractivity contribution in [3.63, 3.8) is 0 Å². The summed E-state index contributed by atoms with van der Waals surface area (Å²) in [5.41, 5.74) is 0.898. The number of fused-ring (bicyclic) bond motifs is 2.